The number of para-hydroxylation sites is 1. The minimum Gasteiger partial charge on any atom is -0.463 e. The van der Waals surface area contributed by atoms with Crippen LogP contribution in [0.4, 0.5) is 5.69 Å². The van der Waals surface area contributed by atoms with Crippen molar-refractivity contribution in [2.24, 2.45) is 10.2 Å². The van der Waals surface area contributed by atoms with Gasteiger partial charge in [-0.1, -0.05) is 73.3 Å². The van der Waals surface area contributed by atoms with E-state index in [0.29, 0.717) is 0 Å². The summed E-state index contributed by atoms with van der Waals surface area (Å²) in [5.41, 5.74) is 2.78. The van der Waals surface area contributed by atoms with Gasteiger partial charge in [-0.15, -0.1) is 5.11 Å². The van der Waals surface area contributed by atoms with Gasteiger partial charge in [-0.25, -0.2) is 0 Å². The minimum atomic E-state index is -0.508. The highest BCUT2D eigenvalue weighted by Crippen LogP contribution is 2.25. The fourth-order valence-corrected chi connectivity index (χ4v) is 2.20. The zero-order valence-electron chi connectivity index (χ0n) is 13.2. The topological polar surface area (TPSA) is 34.0 Å². The maximum atomic E-state index is 6.01. The van der Waals surface area contributed by atoms with Gasteiger partial charge in [-0.2, -0.15) is 5.11 Å². The van der Waals surface area contributed by atoms with Gasteiger partial charge in [0.2, 0.25) is 6.23 Å². The van der Waals surface area contributed by atoms with Gasteiger partial charge in [0.15, 0.2) is 0 Å². The van der Waals surface area contributed by atoms with Crippen LogP contribution in [0.5, 0.6) is 5.75 Å². The van der Waals surface area contributed by atoms with Crippen molar-refractivity contribution in [3.63, 3.8) is 0 Å². The number of hydrogen-bond donors (Lipinski definition) is 0. The Morgan fingerprint density at radius 1 is 0.792 bits per heavy atom. The van der Waals surface area contributed by atoms with Crippen LogP contribution in [0.25, 0.3) is 6.08 Å². The van der Waals surface area contributed by atoms with Crippen LogP contribution in [0.2, 0.25) is 0 Å². The third-order valence-corrected chi connectivity index (χ3v) is 3.48. The quantitative estimate of drug-likeness (QED) is 0.499. The molecule has 3 nitrogen and oxygen atoms in total. The zero-order chi connectivity index (χ0) is 16.6. The third-order valence-electron chi connectivity index (χ3n) is 3.48. The number of nitrogens with zero attached hydrogens (tertiary/aromatic N) is 2. The Labute approximate surface area is 142 Å². The highest BCUT2D eigenvalue weighted by molar-refractivity contribution is 5.47. The van der Waals surface area contributed by atoms with E-state index >= 15 is 0 Å². The monoisotopic (exact) mass is 314 g/mol. The molecule has 24 heavy (non-hydrogen) atoms. The standard InChI is InChI=1S/C21H18N2O/c1-2-17-13-15-18(16-14-17)21(24-20-11-7-4-8-12-20)23-22-19-9-5-3-6-10-19/h2-16,21H,1H2. The number of benzene rings is 3. The molecule has 0 aliphatic heterocycles. The molecule has 1 atom stereocenters. The third kappa shape index (κ3) is 4.17. The van der Waals surface area contributed by atoms with Gasteiger partial charge in [0.05, 0.1) is 5.69 Å². The molecule has 0 saturated heterocycles. The predicted molar refractivity (Wildman–Crippen MR) is 97.3 cm³/mol. The molecule has 3 aromatic carbocycles. The van der Waals surface area contributed by atoms with Gasteiger partial charge in [-0.05, 0) is 29.8 Å². The molecular formula is C21H18N2O. The van der Waals surface area contributed by atoms with Crippen LogP contribution in [0.15, 0.2) is 102 Å². The Morgan fingerprint density at radius 3 is 2.04 bits per heavy atom. The summed E-state index contributed by atoms with van der Waals surface area (Å²) >= 11 is 0. The number of azo groups is 1. The molecule has 1 unspecified atom stereocenters. The van der Waals surface area contributed by atoms with Gasteiger partial charge in [0.25, 0.3) is 0 Å². The Morgan fingerprint density at radius 2 is 1.42 bits per heavy atom. The largest absolute Gasteiger partial charge is 0.463 e. The van der Waals surface area contributed by atoms with Crippen molar-refractivity contribution in [3.05, 3.63) is 103 Å². The zero-order valence-corrected chi connectivity index (χ0v) is 13.2. The van der Waals surface area contributed by atoms with Crippen LogP contribution in [0.3, 0.4) is 0 Å². The summed E-state index contributed by atoms with van der Waals surface area (Å²) in [6, 6.07) is 27.2. The molecular weight excluding hydrogens is 296 g/mol. The van der Waals surface area contributed by atoms with Gasteiger partial charge in [-0.3, -0.25) is 0 Å². The summed E-state index contributed by atoms with van der Waals surface area (Å²) in [5.74, 6) is 0.752. The highest BCUT2D eigenvalue weighted by Gasteiger charge is 2.12. The summed E-state index contributed by atoms with van der Waals surface area (Å²) in [5, 5.41) is 8.69. The number of ether oxygens (including phenoxy) is 1. The number of rotatable bonds is 6. The van der Waals surface area contributed by atoms with Crippen LogP contribution in [-0.2, 0) is 0 Å². The molecule has 0 fully saturated rings. The van der Waals surface area contributed by atoms with Crippen molar-refractivity contribution in [3.8, 4) is 5.75 Å². The first-order chi connectivity index (χ1) is 11.8. The van der Waals surface area contributed by atoms with Gasteiger partial charge in [0.1, 0.15) is 5.75 Å². The van der Waals surface area contributed by atoms with E-state index in [1.165, 1.54) is 0 Å². The fourth-order valence-electron chi connectivity index (χ4n) is 2.20. The van der Waals surface area contributed by atoms with Crippen molar-refractivity contribution in [2.75, 3.05) is 0 Å². The lowest BCUT2D eigenvalue weighted by Crippen LogP contribution is -2.04. The lowest BCUT2D eigenvalue weighted by molar-refractivity contribution is 0.208. The van der Waals surface area contributed by atoms with Crippen LogP contribution in [0, 0.1) is 0 Å². The van der Waals surface area contributed by atoms with Crippen LogP contribution in [0.1, 0.15) is 17.4 Å². The van der Waals surface area contributed by atoms with Crippen molar-refractivity contribution < 1.29 is 4.74 Å². The van der Waals surface area contributed by atoms with Gasteiger partial charge >= 0.3 is 0 Å². The normalized spacial score (nSPS) is 12.0. The molecule has 0 aliphatic rings. The van der Waals surface area contributed by atoms with E-state index in [1.54, 1.807) is 0 Å². The second-order valence-corrected chi connectivity index (χ2v) is 5.21. The first-order valence-corrected chi connectivity index (χ1v) is 7.75. The Bertz CT molecular complexity index is 796. The van der Waals surface area contributed by atoms with Gasteiger partial charge in [0, 0.05) is 5.56 Å². The van der Waals surface area contributed by atoms with Crippen molar-refractivity contribution in [1.82, 2.24) is 0 Å². The first kappa shape index (κ1) is 15.7. The SMILES string of the molecule is C=Cc1ccc(C(N=Nc2ccccc2)Oc2ccccc2)cc1. The van der Waals surface area contributed by atoms with E-state index in [9.17, 15) is 0 Å². The molecule has 0 aromatic heterocycles. The summed E-state index contributed by atoms with van der Waals surface area (Å²) in [7, 11) is 0. The molecule has 0 N–H and O–H groups in total. The van der Waals surface area contributed by atoms with Crippen molar-refractivity contribution in [1.29, 1.82) is 0 Å². The molecule has 0 spiro atoms. The second kappa shape index (κ2) is 7.88. The summed E-state index contributed by atoms with van der Waals surface area (Å²) in [6.07, 6.45) is 1.30. The van der Waals surface area contributed by atoms with Crippen molar-refractivity contribution >= 4 is 11.8 Å². The second-order valence-electron chi connectivity index (χ2n) is 5.21. The molecule has 0 aliphatic carbocycles. The molecule has 0 saturated carbocycles. The Hall–Kier alpha value is -3.20. The average Bonchev–Trinajstić information content (AvgIpc) is 2.67. The van der Waals surface area contributed by atoms with Crippen LogP contribution in [-0.4, -0.2) is 0 Å². The molecule has 0 bridgehead atoms. The molecule has 0 radical (unpaired) electrons. The first-order valence-electron chi connectivity index (χ1n) is 7.75. The summed E-state index contributed by atoms with van der Waals surface area (Å²) < 4.78 is 6.01. The van der Waals surface area contributed by atoms with Crippen LogP contribution >= 0.6 is 0 Å². The average molecular weight is 314 g/mol. The maximum Gasteiger partial charge on any atom is 0.234 e. The van der Waals surface area contributed by atoms with Crippen LogP contribution < -0.4 is 4.74 Å². The fraction of sp³-hybridized carbons (Fsp3) is 0.0476. The smallest absolute Gasteiger partial charge is 0.234 e. The molecule has 3 rings (SSSR count). The Kier molecular flexibility index (Phi) is 5.15. The molecule has 3 heteroatoms. The van der Waals surface area contributed by atoms with E-state index in [1.807, 2.05) is 91.0 Å². The van der Waals surface area contributed by atoms with E-state index in [2.05, 4.69) is 16.8 Å². The molecule has 0 heterocycles. The summed E-state index contributed by atoms with van der Waals surface area (Å²) in [4.78, 5) is 0. The lowest BCUT2D eigenvalue weighted by Gasteiger charge is -2.14. The van der Waals surface area contributed by atoms with E-state index in [4.69, 9.17) is 4.74 Å². The van der Waals surface area contributed by atoms with Crippen molar-refractivity contribution in [2.45, 2.75) is 6.23 Å². The summed E-state index contributed by atoms with van der Waals surface area (Å²) in [6.45, 7) is 3.78. The molecule has 0 amide bonds. The maximum absolute atomic E-state index is 6.01. The predicted octanol–water partition coefficient (Wildman–Crippen LogP) is 6.19. The molecule has 3 aromatic rings. The van der Waals surface area contributed by atoms with E-state index < -0.39 is 6.23 Å². The molecule has 118 valence electrons. The lowest BCUT2D eigenvalue weighted by atomic mass is 10.1. The highest BCUT2D eigenvalue weighted by atomic mass is 16.5. The van der Waals surface area contributed by atoms with E-state index in [-0.39, 0.29) is 0 Å². The van der Waals surface area contributed by atoms with Gasteiger partial charge < -0.3 is 4.74 Å². The number of hydrogen-bond acceptors (Lipinski definition) is 3. The minimum absolute atomic E-state index is 0.508. The van der Waals surface area contributed by atoms with E-state index in [0.717, 1.165) is 22.6 Å². The Balaban J connectivity index is 1.87.